The van der Waals surface area contributed by atoms with Crippen molar-refractivity contribution in [2.45, 2.75) is 40.8 Å². The number of nitrogens with zero attached hydrogens (tertiary/aromatic N) is 4. The highest BCUT2D eigenvalue weighted by Gasteiger charge is 2.28. The van der Waals surface area contributed by atoms with E-state index >= 15 is 0 Å². The van der Waals surface area contributed by atoms with Crippen LogP contribution in [0.4, 0.5) is 5.69 Å². The Balaban J connectivity index is 1.68. The van der Waals surface area contributed by atoms with Crippen LogP contribution in [0.15, 0.2) is 48.7 Å². The number of pyridine rings is 1. The van der Waals surface area contributed by atoms with Crippen molar-refractivity contribution in [3.8, 4) is 0 Å². The molecule has 1 aliphatic heterocycles. The van der Waals surface area contributed by atoms with Gasteiger partial charge in [-0.05, 0) is 50.6 Å². The quantitative estimate of drug-likeness (QED) is 0.599. The van der Waals surface area contributed by atoms with E-state index in [4.69, 9.17) is 0 Å². The van der Waals surface area contributed by atoms with Gasteiger partial charge in [0.15, 0.2) is 0 Å². The number of anilines is 1. The number of carbonyl (C=O) groups excluding carboxylic acids is 1. The second-order valence-electron chi connectivity index (χ2n) is 8.85. The summed E-state index contributed by atoms with van der Waals surface area (Å²) >= 11 is 0. The maximum Gasteiger partial charge on any atom is 0.268 e. The Morgan fingerprint density at radius 1 is 1.00 bits per heavy atom. The van der Waals surface area contributed by atoms with E-state index in [1.54, 1.807) is 6.20 Å². The summed E-state index contributed by atoms with van der Waals surface area (Å²) in [6.45, 7) is 14.9. The number of hydrogen-bond donors (Lipinski definition) is 1. The zero-order chi connectivity index (χ0) is 23.4. The first-order valence-electron chi connectivity index (χ1n) is 11.9. The minimum Gasteiger partial charge on any atom is -0.367 e. The molecule has 0 spiro atoms. The lowest BCUT2D eigenvalue weighted by Gasteiger charge is -2.36. The van der Waals surface area contributed by atoms with Gasteiger partial charge < -0.3 is 19.7 Å². The summed E-state index contributed by atoms with van der Waals surface area (Å²) in [4.78, 5) is 22.8. The molecule has 0 aliphatic carbocycles. The normalized spacial score (nSPS) is 14.5. The molecule has 4 rings (SSSR count). The van der Waals surface area contributed by atoms with Gasteiger partial charge in [0.1, 0.15) is 5.69 Å². The number of rotatable bonds is 7. The van der Waals surface area contributed by atoms with E-state index in [1.165, 1.54) is 16.8 Å². The number of benzene rings is 1. The molecule has 6 heteroatoms. The van der Waals surface area contributed by atoms with Crippen LogP contribution in [0.25, 0.3) is 0 Å². The Labute approximate surface area is 197 Å². The average Bonchev–Trinajstić information content (AvgIpc) is 3.09. The van der Waals surface area contributed by atoms with Crippen molar-refractivity contribution in [3.63, 3.8) is 0 Å². The van der Waals surface area contributed by atoms with Gasteiger partial charge in [0.2, 0.25) is 0 Å². The third kappa shape index (κ3) is 4.96. The van der Waals surface area contributed by atoms with E-state index in [2.05, 4.69) is 76.6 Å². The summed E-state index contributed by atoms with van der Waals surface area (Å²) in [5, 5.41) is 3.11. The molecule has 0 unspecified atom stereocenters. The van der Waals surface area contributed by atoms with Crippen LogP contribution in [-0.2, 0) is 13.1 Å². The molecule has 1 saturated heterocycles. The Bertz CT molecular complexity index is 1100. The van der Waals surface area contributed by atoms with Crippen molar-refractivity contribution >= 4 is 11.6 Å². The van der Waals surface area contributed by atoms with Crippen LogP contribution in [0.5, 0.6) is 0 Å². The summed E-state index contributed by atoms with van der Waals surface area (Å²) in [7, 11) is 0. The van der Waals surface area contributed by atoms with Crippen LogP contribution < -0.4 is 10.2 Å². The Hall–Kier alpha value is -3.12. The largest absolute Gasteiger partial charge is 0.367 e. The summed E-state index contributed by atoms with van der Waals surface area (Å²) in [5.41, 5.74) is 7.50. The number of hydrogen-bond acceptors (Lipinski definition) is 4. The second kappa shape index (κ2) is 10.2. The van der Waals surface area contributed by atoms with Crippen LogP contribution in [0.2, 0.25) is 0 Å². The maximum atomic E-state index is 13.5. The van der Waals surface area contributed by atoms with Crippen LogP contribution in [0.1, 0.15) is 45.5 Å². The van der Waals surface area contributed by atoms with Gasteiger partial charge in [0, 0.05) is 50.2 Å². The number of carbonyl (C=O) groups is 1. The number of amides is 1. The minimum absolute atomic E-state index is 0.0479. The third-order valence-corrected chi connectivity index (χ3v) is 6.82. The SMILES string of the molecule is CCN1CCN(c2c(C)c(C(=O)NCc3ccccn3)n(Cc3ccccc3C)c2C)CC1. The summed E-state index contributed by atoms with van der Waals surface area (Å²) < 4.78 is 2.20. The zero-order valence-electron chi connectivity index (χ0n) is 20.3. The molecule has 2 aromatic heterocycles. The molecule has 0 saturated carbocycles. The first-order chi connectivity index (χ1) is 16.0. The van der Waals surface area contributed by atoms with E-state index in [9.17, 15) is 4.79 Å². The molecule has 1 fully saturated rings. The highest BCUT2D eigenvalue weighted by molar-refractivity contribution is 5.96. The van der Waals surface area contributed by atoms with Gasteiger partial charge in [-0.15, -0.1) is 0 Å². The van der Waals surface area contributed by atoms with E-state index in [-0.39, 0.29) is 5.91 Å². The summed E-state index contributed by atoms with van der Waals surface area (Å²) in [5.74, 6) is -0.0479. The molecule has 6 nitrogen and oxygen atoms in total. The number of piperazine rings is 1. The van der Waals surface area contributed by atoms with Gasteiger partial charge in [0.05, 0.1) is 17.9 Å². The lowest BCUT2D eigenvalue weighted by Crippen LogP contribution is -2.46. The van der Waals surface area contributed by atoms with Gasteiger partial charge in [-0.1, -0.05) is 37.3 Å². The molecule has 0 radical (unpaired) electrons. The molecule has 33 heavy (non-hydrogen) atoms. The molecular weight excluding hydrogens is 410 g/mol. The number of aromatic nitrogens is 2. The summed E-state index contributed by atoms with van der Waals surface area (Å²) in [6.07, 6.45) is 1.76. The molecule has 174 valence electrons. The zero-order valence-corrected chi connectivity index (χ0v) is 20.3. The molecule has 0 bridgehead atoms. The predicted molar refractivity (Wildman–Crippen MR) is 134 cm³/mol. The fraction of sp³-hybridized carbons (Fsp3) is 0.407. The molecule has 0 atom stereocenters. The first-order valence-corrected chi connectivity index (χ1v) is 11.9. The molecule has 3 heterocycles. The molecule has 1 aliphatic rings. The van der Waals surface area contributed by atoms with E-state index in [1.807, 2.05) is 18.2 Å². The molecular formula is C27H35N5O. The van der Waals surface area contributed by atoms with Gasteiger partial charge in [0.25, 0.3) is 5.91 Å². The monoisotopic (exact) mass is 445 g/mol. The second-order valence-corrected chi connectivity index (χ2v) is 8.85. The third-order valence-electron chi connectivity index (χ3n) is 6.82. The van der Waals surface area contributed by atoms with Crippen molar-refractivity contribution in [3.05, 3.63) is 82.4 Å². The van der Waals surface area contributed by atoms with Crippen molar-refractivity contribution in [2.75, 3.05) is 37.6 Å². The van der Waals surface area contributed by atoms with Crippen LogP contribution in [0, 0.1) is 20.8 Å². The highest BCUT2D eigenvalue weighted by Crippen LogP contribution is 2.32. The highest BCUT2D eigenvalue weighted by atomic mass is 16.2. The fourth-order valence-electron chi connectivity index (χ4n) is 4.84. The van der Waals surface area contributed by atoms with Crippen molar-refractivity contribution in [1.82, 2.24) is 19.8 Å². The maximum absolute atomic E-state index is 13.5. The first kappa shape index (κ1) is 23.1. The van der Waals surface area contributed by atoms with Gasteiger partial charge in [-0.25, -0.2) is 0 Å². The standard InChI is InChI=1S/C27H35N5O/c1-5-30-14-16-31(17-15-30)25-21(3)26(27(33)29-18-24-12-8-9-13-28-24)32(22(25)4)19-23-11-7-6-10-20(23)2/h6-13H,5,14-19H2,1-4H3,(H,29,33). The minimum atomic E-state index is -0.0479. The van der Waals surface area contributed by atoms with Crippen molar-refractivity contribution < 1.29 is 4.79 Å². The predicted octanol–water partition coefficient (Wildman–Crippen LogP) is 3.93. The van der Waals surface area contributed by atoms with Crippen LogP contribution >= 0.6 is 0 Å². The lowest BCUT2D eigenvalue weighted by molar-refractivity contribution is 0.0940. The molecule has 1 amide bonds. The van der Waals surface area contributed by atoms with Crippen LogP contribution in [-0.4, -0.2) is 53.1 Å². The molecule has 1 N–H and O–H groups in total. The van der Waals surface area contributed by atoms with Crippen molar-refractivity contribution in [2.24, 2.45) is 0 Å². The Morgan fingerprint density at radius 3 is 2.39 bits per heavy atom. The fourth-order valence-corrected chi connectivity index (χ4v) is 4.84. The number of nitrogens with one attached hydrogen (secondary N) is 1. The topological polar surface area (TPSA) is 53.4 Å². The van der Waals surface area contributed by atoms with E-state index < -0.39 is 0 Å². The van der Waals surface area contributed by atoms with Crippen molar-refractivity contribution in [1.29, 1.82) is 0 Å². The number of aryl methyl sites for hydroxylation is 1. The molecule has 3 aromatic rings. The van der Waals surface area contributed by atoms with Gasteiger partial charge in [-0.2, -0.15) is 0 Å². The van der Waals surface area contributed by atoms with Gasteiger partial charge >= 0.3 is 0 Å². The average molecular weight is 446 g/mol. The Kier molecular flexibility index (Phi) is 7.14. The lowest BCUT2D eigenvalue weighted by atomic mass is 10.1. The smallest absolute Gasteiger partial charge is 0.268 e. The van der Waals surface area contributed by atoms with E-state index in [0.29, 0.717) is 13.1 Å². The summed E-state index contributed by atoms with van der Waals surface area (Å²) in [6, 6.07) is 14.2. The molecule has 1 aromatic carbocycles. The van der Waals surface area contributed by atoms with Crippen LogP contribution in [0.3, 0.4) is 0 Å². The van der Waals surface area contributed by atoms with Gasteiger partial charge in [-0.3, -0.25) is 9.78 Å². The van der Waals surface area contributed by atoms with E-state index in [0.717, 1.165) is 55.4 Å². The Morgan fingerprint density at radius 2 is 1.73 bits per heavy atom. The number of likely N-dealkylation sites (N-methyl/N-ethyl adjacent to an activating group) is 1.